The van der Waals surface area contributed by atoms with E-state index >= 15 is 0 Å². The van der Waals surface area contributed by atoms with Gasteiger partial charge in [-0.05, 0) is 102 Å². The van der Waals surface area contributed by atoms with E-state index in [-0.39, 0.29) is 42.5 Å². The molecule has 5 aromatic carbocycles. The number of carbonyl (C=O) groups excluding carboxylic acids is 3. The molecule has 2 amide bonds. The molecule has 0 spiro atoms. The summed E-state index contributed by atoms with van der Waals surface area (Å²) >= 11 is 0. The minimum absolute atomic E-state index is 0.0382. The monoisotopic (exact) mass is 784 g/mol. The zero-order chi connectivity index (χ0) is 39.9. The second kappa shape index (κ2) is 17.8. The molecule has 2 heterocycles. The van der Waals surface area contributed by atoms with Crippen molar-refractivity contribution in [2.75, 3.05) is 26.4 Å². The molecule has 1 aromatic heterocycles. The number of esters is 1. The van der Waals surface area contributed by atoms with Crippen LogP contribution in [0.1, 0.15) is 74.7 Å². The van der Waals surface area contributed by atoms with Crippen LogP contribution in [0.15, 0.2) is 114 Å². The van der Waals surface area contributed by atoms with Crippen LogP contribution >= 0.6 is 0 Å². The van der Waals surface area contributed by atoms with Crippen molar-refractivity contribution >= 4 is 39.5 Å². The molecule has 11 nitrogen and oxygen atoms in total. The molecule has 2 N–H and O–H groups in total. The summed E-state index contributed by atoms with van der Waals surface area (Å²) in [6, 6.07) is 33.0. The quantitative estimate of drug-likeness (QED) is 0.110. The molecule has 1 unspecified atom stereocenters. The molecule has 0 saturated carbocycles. The third-order valence-electron chi connectivity index (χ3n) is 9.98. The van der Waals surface area contributed by atoms with Crippen molar-refractivity contribution in [3.8, 4) is 22.6 Å². The van der Waals surface area contributed by atoms with Crippen molar-refractivity contribution in [1.29, 1.82) is 0 Å². The second-order valence-electron chi connectivity index (χ2n) is 13.7. The topological polar surface area (TPSA) is 140 Å². The molecule has 0 aliphatic carbocycles. The lowest BCUT2D eigenvalue weighted by atomic mass is 9.92. The summed E-state index contributed by atoms with van der Waals surface area (Å²) in [6.07, 6.45) is 2.78. The van der Waals surface area contributed by atoms with E-state index in [2.05, 4.69) is 17.7 Å². The molecule has 0 radical (unpaired) electrons. The van der Waals surface area contributed by atoms with Crippen LogP contribution in [0.25, 0.3) is 27.6 Å². The molecule has 1 aliphatic rings. The predicted octanol–water partition coefficient (Wildman–Crippen LogP) is 7.23. The van der Waals surface area contributed by atoms with Crippen LogP contribution in [-0.4, -0.2) is 68.1 Å². The van der Waals surface area contributed by atoms with E-state index in [1.807, 2.05) is 60.7 Å². The predicted molar refractivity (Wildman–Crippen MR) is 219 cm³/mol. The first-order valence-corrected chi connectivity index (χ1v) is 20.3. The van der Waals surface area contributed by atoms with Crippen LogP contribution in [0.3, 0.4) is 0 Å². The molecule has 292 valence electrons. The van der Waals surface area contributed by atoms with E-state index in [0.717, 1.165) is 29.2 Å². The first kappa shape index (κ1) is 39.1. The lowest BCUT2D eigenvalue weighted by Crippen LogP contribution is -2.36. The van der Waals surface area contributed by atoms with Gasteiger partial charge in [0.2, 0.25) is 0 Å². The van der Waals surface area contributed by atoms with Gasteiger partial charge in [-0.1, -0.05) is 74.0 Å². The summed E-state index contributed by atoms with van der Waals surface area (Å²) < 4.78 is 28.9. The summed E-state index contributed by atoms with van der Waals surface area (Å²) in [7, 11) is -1.89. The van der Waals surface area contributed by atoms with E-state index in [4.69, 9.17) is 14.6 Å². The van der Waals surface area contributed by atoms with Gasteiger partial charge in [-0.15, -0.1) is 0 Å². The Labute approximate surface area is 333 Å². The zero-order valence-electron chi connectivity index (χ0n) is 31.9. The lowest BCUT2D eigenvalue weighted by molar-refractivity contribution is 0.0519. The van der Waals surface area contributed by atoms with Crippen molar-refractivity contribution in [2.24, 2.45) is 0 Å². The van der Waals surface area contributed by atoms with Gasteiger partial charge in [-0.3, -0.25) is 14.3 Å². The molecule has 0 saturated heterocycles. The molecule has 6 aromatic rings. The Kier molecular flexibility index (Phi) is 12.2. The van der Waals surface area contributed by atoms with Crippen LogP contribution in [0.2, 0.25) is 0 Å². The number of ether oxygens (including phenoxy) is 2. The Bertz CT molecular complexity index is 2460. The van der Waals surface area contributed by atoms with Crippen LogP contribution in [0.4, 0.5) is 0 Å². The van der Waals surface area contributed by atoms with Crippen LogP contribution < -0.4 is 9.46 Å². The van der Waals surface area contributed by atoms with E-state index in [9.17, 15) is 23.7 Å². The maximum absolute atomic E-state index is 14.8. The van der Waals surface area contributed by atoms with Crippen molar-refractivity contribution in [3.63, 3.8) is 0 Å². The smallest absolute Gasteiger partial charge is 0.359 e. The minimum atomic E-state index is -1.89. The number of hydrogen-bond donors (Lipinski definition) is 2. The fourth-order valence-electron chi connectivity index (χ4n) is 7.12. The number of fused-ring (bicyclic) bond motifs is 2. The Hall–Kier alpha value is -6.11. The first-order valence-electron chi connectivity index (χ1n) is 19.1. The molecule has 0 bridgehead atoms. The van der Waals surface area contributed by atoms with Crippen molar-refractivity contribution in [2.45, 2.75) is 51.0 Å². The normalized spacial score (nSPS) is 12.9. The second-order valence-corrected chi connectivity index (χ2v) is 14.9. The molecule has 1 aliphatic heterocycles. The minimum Gasteiger partial charge on any atom is -0.491 e. The number of benzene rings is 5. The lowest BCUT2D eigenvalue weighted by Gasteiger charge is -2.29. The number of amides is 2. The first-order chi connectivity index (χ1) is 27.8. The van der Waals surface area contributed by atoms with Gasteiger partial charge in [0.05, 0.1) is 29.5 Å². The van der Waals surface area contributed by atoms with E-state index in [1.54, 1.807) is 52.9 Å². The van der Waals surface area contributed by atoms with Gasteiger partial charge in [0.15, 0.2) is 16.7 Å². The number of carbonyl (C=O) groups is 3. The average molecular weight is 785 g/mol. The molecule has 57 heavy (non-hydrogen) atoms. The van der Waals surface area contributed by atoms with Crippen LogP contribution in [-0.2, 0) is 35.1 Å². The number of aromatic nitrogens is 2. The van der Waals surface area contributed by atoms with Crippen molar-refractivity contribution in [3.05, 3.63) is 143 Å². The third kappa shape index (κ3) is 8.52. The van der Waals surface area contributed by atoms with Crippen molar-refractivity contribution in [1.82, 2.24) is 19.4 Å². The highest BCUT2D eigenvalue weighted by atomic mass is 32.2. The van der Waals surface area contributed by atoms with Gasteiger partial charge in [0, 0.05) is 29.8 Å². The third-order valence-corrected chi connectivity index (χ3v) is 11.0. The van der Waals surface area contributed by atoms with Gasteiger partial charge in [0.1, 0.15) is 12.4 Å². The molecule has 1 atom stereocenters. The Balaban J connectivity index is 1.34. The number of nitrogens with zero attached hydrogens (tertiary/aromatic N) is 3. The van der Waals surface area contributed by atoms with Gasteiger partial charge in [0.25, 0.3) is 11.8 Å². The summed E-state index contributed by atoms with van der Waals surface area (Å²) in [4.78, 5) is 44.7. The molecule has 7 rings (SSSR count). The molecule has 12 heteroatoms. The fraction of sp³-hybridized carbons (Fsp3) is 0.244. The summed E-state index contributed by atoms with van der Waals surface area (Å²) in [6.45, 7) is 4.74. The number of aliphatic hydroxyl groups is 1. The van der Waals surface area contributed by atoms with Gasteiger partial charge >= 0.3 is 5.97 Å². The average Bonchev–Trinajstić information content (AvgIpc) is 3.63. The summed E-state index contributed by atoms with van der Waals surface area (Å²) in [5.74, 6) is -1.03. The molecule has 0 fully saturated rings. The number of unbranched alkanes of at least 4 members (excludes halogenated alkanes) is 1. The Morgan fingerprint density at radius 3 is 2.39 bits per heavy atom. The van der Waals surface area contributed by atoms with Crippen LogP contribution in [0.5, 0.6) is 5.75 Å². The van der Waals surface area contributed by atoms with E-state index < -0.39 is 22.9 Å². The SMILES string of the molecule is CCCCc1c(-c2ccc(C(=O)NS(=O)c3ccc4ccccc4c3)cc2C(=O)N2CCc3ccccc3C2)c(C(=O)OCC)nn1-c1ccc(OCCO)cc1. The highest BCUT2D eigenvalue weighted by molar-refractivity contribution is 7.83. The maximum atomic E-state index is 14.8. The number of aliphatic hydroxyl groups excluding tert-OH is 1. The van der Waals surface area contributed by atoms with Gasteiger partial charge < -0.3 is 19.5 Å². The Morgan fingerprint density at radius 1 is 0.877 bits per heavy atom. The van der Waals surface area contributed by atoms with Gasteiger partial charge in [-0.25, -0.2) is 13.7 Å². The molecular weight excluding hydrogens is 741 g/mol. The standard InChI is InChI=1S/C45H44N4O7S/c1-3-5-14-40-41(42(45(53)55-4-2)46-49(40)35-17-19-36(20-18-35)56-26-25-50)38-22-16-33(28-39(38)44(52)48-24-23-31-11-7-9-13-34(31)29-48)43(51)47-57(54)37-21-15-30-10-6-8-12-32(30)27-37/h6-13,15-22,27-28,50H,3-5,14,23-26,29H2,1-2H3,(H,47,51). The number of rotatable bonds is 14. The van der Waals surface area contributed by atoms with Crippen LogP contribution in [0, 0.1) is 0 Å². The number of nitrogens with one attached hydrogen (secondary N) is 1. The summed E-state index contributed by atoms with van der Waals surface area (Å²) in [5, 5.41) is 15.9. The highest BCUT2D eigenvalue weighted by Gasteiger charge is 2.31. The zero-order valence-corrected chi connectivity index (χ0v) is 32.7. The fourth-order valence-corrected chi connectivity index (χ4v) is 7.95. The van der Waals surface area contributed by atoms with E-state index in [0.29, 0.717) is 59.1 Å². The Morgan fingerprint density at radius 2 is 1.63 bits per heavy atom. The van der Waals surface area contributed by atoms with Crippen molar-refractivity contribution < 1.29 is 33.2 Å². The molecular formula is C45H44N4O7S. The maximum Gasteiger partial charge on any atom is 0.359 e. The highest BCUT2D eigenvalue weighted by Crippen LogP contribution is 2.36. The largest absolute Gasteiger partial charge is 0.491 e. The summed E-state index contributed by atoms with van der Waals surface area (Å²) in [5.41, 5.74) is 4.79. The van der Waals surface area contributed by atoms with Gasteiger partial charge in [-0.2, -0.15) is 5.10 Å². The number of hydrogen-bond acceptors (Lipinski definition) is 8. The van der Waals surface area contributed by atoms with E-state index in [1.165, 1.54) is 11.6 Å².